The molecule has 0 bridgehead atoms. The zero-order valence-corrected chi connectivity index (χ0v) is 19.5. The van der Waals surface area contributed by atoms with Gasteiger partial charge in [-0.1, -0.05) is 57.4 Å². The van der Waals surface area contributed by atoms with Gasteiger partial charge in [-0.3, -0.25) is 4.79 Å². The summed E-state index contributed by atoms with van der Waals surface area (Å²) in [5, 5.41) is 0.531. The summed E-state index contributed by atoms with van der Waals surface area (Å²) in [4.78, 5) is 14.6. The number of aryl methyl sites for hydroxylation is 1. The van der Waals surface area contributed by atoms with Crippen LogP contribution in [0.25, 0.3) is 0 Å². The van der Waals surface area contributed by atoms with Gasteiger partial charge in [0.25, 0.3) is 5.91 Å². The van der Waals surface area contributed by atoms with Gasteiger partial charge in [-0.15, -0.1) is 0 Å². The molecule has 1 aliphatic heterocycles. The summed E-state index contributed by atoms with van der Waals surface area (Å²) < 4.78 is 19.2. The van der Waals surface area contributed by atoms with Gasteiger partial charge < -0.3 is 9.64 Å². The third-order valence-corrected chi connectivity index (χ3v) is 8.28. The van der Waals surface area contributed by atoms with Gasteiger partial charge in [0.1, 0.15) is 11.6 Å². The summed E-state index contributed by atoms with van der Waals surface area (Å²) in [5.41, 5.74) is 0.580. The first-order valence-electron chi connectivity index (χ1n) is 11.8. The first-order valence-corrected chi connectivity index (χ1v) is 12.9. The van der Waals surface area contributed by atoms with E-state index in [0.717, 1.165) is 18.4 Å². The highest BCUT2D eigenvalue weighted by atomic mass is 32.2. The smallest absolute Gasteiger partial charge is 0.260 e. The minimum Gasteiger partial charge on any atom is -0.484 e. The van der Waals surface area contributed by atoms with Crippen LogP contribution in [0.4, 0.5) is 4.39 Å². The fourth-order valence-electron chi connectivity index (χ4n) is 4.88. The highest BCUT2D eigenvalue weighted by Crippen LogP contribution is 2.40. The van der Waals surface area contributed by atoms with E-state index in [1.165, 1.54) is 69.6 Å². The molecule has 168 valence electrons. The van der Waals surface area contributed by atoms with E-state index >= 15 is 0 Å². The van der Waals surface area contributed by atoms with Crippen LogP contribution in [0.15, 0.2) is 18.2 Å². The van der Waals surface area contributed by atoms with E-state index in [1.807, 2.05) is 11.8 Å². The second-order valence-electron chi connectivity index (χ2n) is 9.04. The molecule has 0 aromatic heterocycles. The van der Waals surface area contributed by atoms with Crippen LogP contribution in [0.2, 0.25) is 0 Å². The highest BCUT2D eigenvalue weighted by Gasteiger charge is 2.32. The Labute approximate surface area is 186 Å². The lowest BCUT2D eigenvalue weighted by Gasteiger charge is -2.25. The van der Waals surface area contributed by atoms with Crippen LogP contribution in [0, 0.1) is 24.6 Å². The van der Waals surface area contributed by atoms with Crippen molar-refractivity contribution in [3.63, 3.8) is 0 Å². The highest BCUT2D eigenvalue weighted by molar-refractivity contribution is 8.00. The lowest BCUT2D eigenvalue weighted by molar-refractivity contribution is -0.133. The molecule has 3 nitrogen and oxygen atoms in total. The van der Waals surface area contributed by atoms with Crippen LogP contribution >= 0.6 is 11.8 Å². The number of carbonyl (C=O) groups is 1. The second kappa shape index (κ2) is 12.0. The number of thioether (sulfide) groups is 1. The first-order chi connectivity index (χ1) is 14.6. The molecule has 1 saturated heterocycles. The lowest BCUT2D eigenvalue weighted by atomic mass is 9.83. The summed E-state index contributed by atoms with van der Waals surface area (Å²) in [7, 11) is 0. The van der Waals surface area contributed by atoms with Crippen LogP contribution in [0.3, 0.4) is 0 Å². The normalized spacial score (nSPS) is 23.4. The van der Waals surface area contributed by atoms with Crippen molar-refractivity contribution in [1.29, 1.82) is 0 Å². The molecule has 30 heavy (non-hydrogen) atoms. The summed E-state index contributed by atoms with van der Waals surface area (Å²) >= 11 is 2.06. The summed E-state index contributed by atoms with van der Waals surface area (Å²) in [6.45, 7) is 5.21. The second-order valence-corrected chi connectivity index (χ2v) is 10.4. The van der Waals surface area contributed by atoms with E-state index in [2.05, 4.69) is 11.8 Å². The molecule has 0 radical (unpaired) electrons. The van der Waals surface area contributed by atoms with Crippen molar-refractivity contribution in [3.05, 3.63) is 29.6 Å². The molecule has 1 aliphatic carbocycles. The van der Waals surface area contributed by atoms with Gasteiger partial charge in [0, 0.05) is 24.4 Å². The Hall–Kier alpha value is -1.23. The number of likely N-dealkylation sites (N-methyl/N-ethyl adjacent to an activating group) is 1. The maximum absolute atomic E-state index is 13.7. The van der Waals surface area contributed by atoms with Gasteiger partial charge in [0.15, 0.2) is 6.61 Å². The molecule has 1 aromatic rings. The Morgan fingerprint density at radius 3 is 2.50 bits per heavy atom. The van der Waals surface area contributed by atoms with Gasteiger partial charge in [0.2, 0.25) is 0 Å². The van der Waals surface area contributed by atoms with E-state index in [0.29, 0.717) is 23.1 Å². The average molecular weight is 436 g/mol. The number of benzene rings is 1. The number of amides is 1. The van der Waals surface area contributed by atoms with E-state index in [9.17, 15) is 9.18 Å². The fraction of sp³-hybridized carbons (Fsp3) is 0.720. The molecule has 0 spiro atoms. The standard InChI is InChI=1S/C25H38FNO2S/c1-3-27(25(28)17-29-22-13-12-19(2)24(26)15-22)16-23-14-21(18-30-23)20-10-8-6-4-5-7-9-11-20/h12-13,15,20-21,23H,3-11,14,16-18H2,1-2H3. The first kappa shape index (κ1) is 23.4. The molecule has 0 N–H and O–H groups in total. The molecule has 2 unspecified atom stereocenters. The number of rotatable bonds is 7. The third kappa shape index (κ3) is 6.90. The predicted molar refractivity (Wildman–Crippen MR) is 124 cm³/mol. The zero-order valence-electron chi connectivity index (χ0n) is 18.7. The van der Waals surface area contributed by atoms with Crippen molar-refractivity contribution in [3.8, 4) is 5.75 Å². The molecule has 5 heteroatoms. The van der Waals surface area contributed by atoms with E-state index in [-0.39, 0.29) is 18.3 Å². The summed E-state index contributed by atoms with van der Waals surface area (Å²) in [6, 6.07) is 4.75. The number of ether oxygens (including phenoxy) is 1. The largest absolute Gasteiger partial charge is 0.484 e. The zero-order chi connectivity index (χ0) is 21.3. The van der Waals surface area contributed by atoms with Crippen LogP contribution in [0.5, 0.6) is 5.75 Å². The molecule has 3 rings (SSSR count). The molecule has 1 heterocycles. The maximum Gasteiger partial charge on any atom is 0.260 e. The molecule has 2 aliphatic rings. The van der Waals surface area contributed by atoms with Gasteiger partial charge >= 0.3 is 0 Å². The van der Waals surface area contributed by atoms with Crippen LogP contribution in [-0.4, -0.2) is 41.5 Å². The molecule has 1 saturated carbocycles. The monoisotopic (exact) mass is 435 g/mol. The fourth-order valence-corrected chi connectivity index (χ4v) is 6.47. The Morgan fingerprint density at radius 1 is 1.13 bits per heavy atom. The van der Waals surface area contributed by atoms with Gasteiger partial charge in [-0.25, -0.2) is 4.39 Å². The topological polar surface area (TPSA) is 29.5 Å². The number of halogens is 1. The third-order valence-electron chi connectivity index (χ3n) is 6.84. The van der Waals surface area contributed by atoms with Crippen molar-refractivity contribution in [1.82, 2.24) is 4.90 Å². The Balaban J connectivity index is 1.46. The van der Waals surface area contributed by atoms with E-state index < -0.39 is 0 Å². The Bertz CT molecular complexity index is 673. The molecule has 1 amide bonds. The van der Waals surface area contributed by atoms with Crippen molar-refractivity contribution in [2.45, 2.75) is 76.9 Å². The van der Waals surface area contributed by atoms with Crippen LogP contribution < -0.4 is 4.74 Å². The van der Waals surface area contributed by atoms with Crippen molar-refractivity contribution in [2.24, 2.45) is 11.8 Å². The molecule has 1 aromatic carbocycles. The summed E-state index contributed by atoms with van der Waals surface area (Å²) in [5.74, 6) is 3.05. The molecule has 2 atom stereocenters. The van der Waals surface area contributed by atoms with Crippen molar-refractivity contribution >= 4 is 17.7 Å². The van der Waals surface area contributed by atoms with E-state index in [1.54, 1.807) is 19.1 Å². The number of nitrogens with zero attached hydrogens (tertiary/aromatic N) is 1. The minimum atomic E-state index is -0.300. The number of hydrogen-bond acceptors (Lipinski definition) is 3. The lowest BCUT2D eigenvalue weighted by Crippen LogP contribution is -2.39. The maximum atomic E-state index is 13.7. The van der Waals surface area contributed by atoms with Crippen molar-refractivity contribution < 1.29 is 13.9 Å². The SMILES string of the molecule is CCN(CC1CC(C2CCCCCCCC2)CS1)C(=O)COc1ccc(C)c(F)c1. The average Bonchev–Trinajstić information content (AvgIpc) is 3.25. The number of hydrogen-bond donors (Lipinski definition) is 0. The Morgan fingerprint density at radius 2 is 1.83 bits per heavy atom. The Kier molecular flexibility index (Phi) is 9.35. The van der Waals surface area contributed by atoms with Gasteiger partial charge in [-0.05, 0) is 49.5 Å². The minimum absolute atomic E-state index is 0.00928. The van der Waals surface area contributed by atoms with E-state index in [4.69, 9.17) is 4.74 Å². The number of carbonyl (C=O) groups excluding carboxylic acids is 1. The summed E-state index contributed by atoms with van der Waals surface area (Å²) in [6.07, 6.45) is 12.5. The predicted octanol–water partition coefficient (Wildman–Crippen LogP) is 6.23. The molecular formula is C25H38FNO2S. The quantitative estimate of drug-likeness (QED) is 0.508. The van der Waals surface area contributed by atoms with Crippen LogP contribution in [-0.2, 0) is 4.79 Å². The van der Waals surface area contributed by atoms with Gasteiger partial charge in [0.05, 0.1) is 0 Å². The van der Waals surface area contributed by atoms with Gasteiger partial charge in [-0.2, -0.15) is 11.8 Å². The van der Waals surface area contributed by atoms with Crippen molar-refractivity contribution in [2.75, 3.05) is 25.4 Å². The van der Waals surface area contributed by atoms with Crippen LogP contribution in [0.1, 0.15) is 70.3 Å². The molecular weight excluding hydrogens is 397 g/mol. The molecule has 2 fully saturated rings.